The van der Waals surface area contributed by atoms with Gasteiger partial charge in [-0.2, -0.15) is 4.98 Å². The molecule has 2 saturated heterocycles. The minimum atomic E-state index is -0.570. The summed E-state index contributed by atoms with van der Waals surface area (Å²) in [5.74, 6) is 0.492. The van der Waals surface area contributed by atoms with Crippen LogP contribution in [0.25, 0.3) is 16.8 Å². The molecule has 2 aliphatic rings. The van der Waals surface area contributed by atoms with Crippen LogP contribution in [0.15, 0.2) is 66.9 Å². The van der Waals surface area contributed by atoms with Crippen LogP contribution >= 0.6 is 0 Å². The smallest absolute Gasteiger partial charge is 0.254 e. The van der Waals surface area contributed by atoms with Gasteiger partial charge in [0.1, 0.15) is 6.23 Å². The number of hydrogen-bond donors (Lipinski definition) is 2. The number of amides is 1. The first-order valence-electron chi connectivity index (χ1n) is 13.3. The summed E-state index contributed by atoms with van der Waals surface area (Å²) >= 11 is 0. The Morgan fingerprint density at radius 1 is 0.921 bits per heavy atom. The number of hydrogen-bond acceptors (Lipinski definition) is 7. The number of anilines is 2. The van der Waals surface area contributed by atoms with Crippen molar-refractivity contribution >= 4 is 23.2 Å². The summed E-state index contributed by atoms with van der Waals surface area (Å²) < 4.78 is 7.09. The Balaban J connectivity index is 1.17. The number of morpholine rings is 1. The third-order valence-corrected chi connectivity index (χ3v) is 7.30. The van der Waals surface area contributed by atoms with E-state index in [2.05, 4.69) is 15.3 Å². The van der Waals surface area contributed by atoms with Gasteiger partial charge in [-0.1, -0.05) is 30.7 Å². The lowest BCUT2D eigenvalue weighted by molar-refractivity contribution is -0.00981. The molecule has 0 saturated carbocycles. The number of benzene rings is 2. The lowest BCUT2D eigenvalue weighted by Crippen LogP contribution is -2.40. The van der Waals surface area contributed by atoms with Crippen molar-refractivity contribution in [3.05, 3.63) is 78.0 Å². The highest BCUT2D eigenvalue weighted by molar-refractivity contribution is 5.94. The lowest BCUT2D eigenvalue weighted by atomic mass is 10.0. The molecule has 2 aromatic carbocycles. The molecule has 0 aliphatic carbocycles. The van der Waals surface area contributed by atoms with Crippen LogP contribution in [0.3, 0.4) is 0 Å². The first-order valence-corrected chi connectivity index (χ1v) is 13.3. The normalized spacial score (nSPS) is 17.4. The standard InChI is InChI=1S/C29H32N6O3/c36-27(33-14-2-1-3-15-33)22-8-6-21(7-9-22)25-5-4-16-35-26(25)31-29(32-35)30-24-12-10-23(11-13-24)28(37)34-17-19-38-20-18-34/h4-13,16,27,36H,1-3,14-15,17-20H2,(H,30,32). The lowest BCUT2D eigenvalue weighted by Gasteiger charge is -2.31. The number of likely N-dealkylation sites (tertiary alicyclic amines) is 1. The van der Waals surface area contributed by atoms with Gasteiger partial charge >= 0.3 is 0 Å². The van der Waals surface area contributed by atoms with Crippen LogP contribution in [-0.4, -0.2) is 74.8 Å². The molecule has 1 amide bonds. The minimum Gasteiger partial charge on any atom is -0.378 e. The highest BCUT2D eigenvalue weighted by atomic mass is 16.5. The fraction of sp³-hybridized carbons (Fsp3) is 0.345. The fourth-order valence-corrected chi connectivity index (χ4v) is 5.17. The van der Waals surface area contributed by atoms with Crippen molar-refractivity contribution < 1.29 is 14.6 Å². The number of nitrogens with one attached hydrogen (secondary N) is 1. The second-order valence-corrected chi connectivity index (χ2v) is 9.82. The number of aliphatic hydroxyl groups excluding tert-OH is 1. The number of fused-ring (bicyclic) bond motifs is 1. The average molecular weight is 513 g/mol. The SMILES string of the molecule is O=C(c1ccc(Nc2nc3c(-c4ccc(C(O)N5CCCCC5)cc4)cccn3n2)cc1)N1CCOCC1. The number of aromatic nitrogens is 3. The molecule has 9 heteroatoms. The van der Waals surface area contributed by atoms with Crippen LogP contribution < -0.4 is 5.32 Å². The van der Waals surface area contributed by atoms with Crippen molar-refractivity contribution in [2.24, 2.45) is 0 Å². The molecule has 6 rings (SSSR count). The van der Waals surface area contributed by atoms with Crippen LogP contribution in [0.2, 0.25) is 0 Å². The highest BCUT2D eigenvalue weighted by Crippen LogP contribution is 2.28. The molecule has 0 bridgehead atoms. The zero-order valence-corrected chi connectivity index (χ0v) is 21.3. The number of carbonyl (C=O) groups excluding carboxylic acids is 1. The second kappa shape index (κ2) is 10.9. The molecule has 2 N–H and O–H groups in total. The maximum absolute atomic E-state index is 12.7. The average Bonchev–Trinajstić information content (AvgIpc) is 3.40. The van der Waals surface area contributed by atoms with Gasteiger partial charge in [0.05, 0.1) is 13.2 Å². The van der Waals surface area contributed by atoms with Crippen molar-refractivity contribution in [3.63, 3.8) is 0 Å². The summed E-state index contributed by atoms with van der Waals surface area (Å²) in [6.45, 7) is 4.27. The number of rotatable bonds is 6. The Morgan fingerprint density at radius 2 is 1.66 bits per heavy atom. The van der Waals surface area contributed by atoms with Crippen molar-refractivity contribution in [3.8, 4) is 11.1 Å². The Morgan fingerprint density at radius 3 is 2.39 bits per heavy atom. The molecular weight excluding hydrogens is 480 g/mol. The van der Waals surface area contributed by atoms with Gasteiger partial charge in [-0.15, -0.1) is 5.10 Å². The second-order valence-electron chi connectivity index (χ2n) is 9.82. The van der Waals surface area contributed by atoms with E-state index in [4.69, 9.17) is 9.72 Å². The Bertz CT molecular complexity index is 1390. The summed E-state index contributed by atoms with van der Waals surface area (Å²) in [4.78, 5) is 21.4. The summed E-state index contributed by atoms with van der Waals surface area (Å²) in [6.07, 6.45) is 4.81. The van der Waals surface area contributed by atoms with Gasteiger partial charge in [-0.05, 0) is 60.4 Å². The van der Waals surface area contributed by atoms with Gasteiger partial charge in [-0.3, -0.25) is 9.69 Å². The Kier molecular flexibility index (Phi) is 7.04. The molecule has 4 heterocycles. The first-order chi connectivity index (χ1) is 18.7. The van der Waals surface area contributed by atoms with Crippen LogP contribution in [0.4, 0.5) is 11.6 Å². The van der Waals surface area contributed by atoms with E-state index in [9.17, 15) is 9.90 Å². The molecule has 9 nitrogen and oxygen atoms in total. The molecule has 196 valence electrons. The molecule has 4 aromatic rings. The zero-order chi connectivity index (χ0) is 25.9. The van der Waals surface area contributed by atoms with Crippen molar-refractivity contribution in [2.75, 3.05) is 44.7 Å². The van der Waals surface area contributed by atoms with Crippen molar-refractivity contribution in [2.45, 2.75) is 25.5 Å². The van der Waals surface area contributed by atoms with E-state index >= 15 is 0 Å². The summed E-state index contributed by atoms with van der Waals surface area (Å²) in [5, 5.41) is 18.6. The quantitative estimate of drug-likeness (QED) is 0.402. The maximum atomic E-state index is 12.7. The topological polar surface area (TPSA) is 95.2 Å². The molecule has 0 radical (unpaired) electrons. The van der Waals surface area contributed by atoms with E-state index in [1.165, 1.54) is 6.42 Å². The summed E-state index contributed by atoms with van der Waals surface area (Å²) in [7, 11) is 0. The highest BCUT2D eigenvalue weighted by Gasteiger charge is 2.21. The third-order valence-electron chi connectivity index (χ3n) is 7.30. The van der Waals surface area contributed by atoms with Crippen molar-refractivity contribution in [1.29, 1.82) is 0 Å². The van der Waals surface area contributed by atoms with E-state index in [-0.39, 0.29) is 5.91 Å². The predicted octanol–water partition coefficient (Wildman–Crippen LogP) is 4.09. The fourth-order valence-electron chi connectivity index (χ4n) is 5.17. The van der Waals surface area contributed by atoms with Crippen molar-refractivity contribution in [1.82, 2.24) is 24.4 Å². The largest absolute Gasteiger partial charge is 0.378 e. The molecular formula is C29H32N6O3. The van der Waals surface area contributed by atoms with Gasteiger partial charge < -0.3 is 20.1 Å². The van der Waals surface area contributed by atoms with Crippen LogP contribution in [-0.2, 0) is 4.74 Å². The van der Waals surface area contributed by atoms with E-state index in [0.717, 1.165) is 54.0 Å². The van der Waals surface area contributed by atoms with Gasteiger partial charge in [0, 0.05) is 49.2 Å². The Hall–Kier alpha value is -3.79. The van der Waals surface area contributed by atoms with E-state index in [1.54, 1.807) is 4.52 Å². The number of nitrogens with zero attached hydrogens (tertiary/aromatic N) is 5. The van der Waals surface area contributed by atoms with Crippen LogP contribution in [0.5, 0.6) is 0 Å². The molecule has 2 aliphatic heterocycles. The Labute approximate surface area is 221 Å². The molecule has 2 fully saturated rings. The van der Waals surface area contributed by atoms with Crippen LogP contribution in [0.1, 0.15) is 41.4 Å². The molecule has 0 spiro atoms. The van der Waals surface area contributed by atoms with E-state index in [1.807, 2.05) is 71.8 Å². The predicted molar refractivity (Wildman–Crippen MR) is 145 cm³/mol. The third kappa shape index (κ3) is 5.13. The number of aliphatic hydroxyl groups is 1. The number of carbonyl (C=O) groups is 1. The van der Waals surface area contributed by atoms with E-state index < -0.39 is 6.23 Å². The summed E-state index contributed by atoms with van der Waals surface area (Å²) in [5.41, 5.74) is 5.06. The number of ether oxygens (including phenoxy) is 1. The van der Waals surface area contributed by atoms with Gasteiger partial charge in [0.15, 0.2) is 5.65 Å². The number of pyridine rings is 1. The van der Waals surface area contributed by atoms with Crippen LogP contribution in [0, 0.1) is 0 Å². The minimum absolute atomic E-state index is 0.0183. The van der Waals surface area contributed by atoms with Gasteiger partial charge in [0.2, 0.25) is 5.95 Å². The molecule has 1 atom stereocenters. The first kappa shape index (κ1) is 24.5. The molecule has 1 unspecified atom stereocenters. The van der Waals surface area contributed by atoms with E-state index in [0.29, 0.717) is 37.8 Å². The molecule has 38 heavy (non-hydrogen) atoms. The zero-order valence-electron chi connectivity index (χ0n) is 21.3. The van der Waals surface area contributed by atoms with Gasteiger partial charge in [-0.25, -0.2) is 4.52 Å². The maximum Gasteiger partial charge on any atom is 0.254 e. The summed E-state index contributed by atoms with van der Waals surface area (Å²) in [6, 6.07) is 19.4. The number of piperidine rings is 1. The molecule has 2 aromatic heterocycles. The van der Waals surface area contributed by atoms with Gasteiger partial charge in [0.25, 0.3) is 5.91 Å². The monoisotopic (exact) mass is 512 g/mol.